The summed E-state index contributed by atoms with van der Waals surface area (Å²) in [5.41, 5.74) is 0.464. The summed E-state index contributed by atoms with van der Waals surface area (Å²) in [6.45, 7) is 0. The van der Waals surface area contributed by atoms with E-state index in [1.165, 1.54) is 53.3 Å². The lowest BCUT2D eigenvalue weighted by atomic mass is 10.3. The number of nitro groups is 1. The fraction of sp³-hybridized carbons (Fsp3) is 0. The average Bonchev–Trinajstić information content (AvgIpc) is 3.07. The summed E-state index contributed by atoms with van der Waals surface area (Å²) in [5, 5.41) is 17.3. The van der Waals surface area contributed by atoms with E-state index >= 15 is 0 Å². The van der Waals surface area contributed by atoms with Crippen LogP contribution in [0, 0.1) is 15.9 Å². The van der Waals surface area contributed by atoms with Crippen LogP contribution in [0.3, 0.4) is 0 Å². The van der Waals surface area contributed by atoms with Crippen molar-refractivity contribution in [1.82, 2.24) is 9.78 Å². The quantitative estimate of drug-likeness (QED) is 0.589. The first-order valence-corrected chi connectivity index (χ1v) is 6.91. The smallest absolute Gasteiger partial charge is 0.276 e. The average molecular weight is 326 g/mol. The van der Waals surface area contributed by atoms with Crippen LogP contribution < -0.4 is 5.32 Å². The van der Waals surface area contributed by atoms with Gasteiger partial charge in [0.25, 0.3) is 11.6 Å². The van der Waals surface area contributed by atoms with Gasteiger partial charge in [-0.15, -0.1) is 0 Å². The van der Waals surface area contributed by atoms with Crippen molar-refractivity contribution in [3.8, 4) is 5.69 Å². The summed E-state index contributed by atoms with van der Waals surface area (Å²) in [5.74, 6) is -1.13. The number of anilines is 1. The fourth-order valence-corrected chi connectivity index (χ4v) is 2.09. The number of benzene rings is 2. The van der Waals surface area contributed by atoms with Crippen molar-refractivity contribution in [3.05, 3.63) is 82.4 Å². The highest BCUT2D eigenvalue weighted by molar-refractivity contribution is 6.02. The van der Waals surface area contributed by atoms with Crippen LogP contribution in [0.15, 0.2) is 60.8 Å². The van der Waals surface area contributed by atoms with Crippen LogP contribution in [-0.2, 0) is 0 Å². The van der Waals surface area contributed by atoms with Crippen molar-refractivity contribution in [1.29, 1.82) is 0 Å². The molecule has 0 atom stereocenters. The van der Waals surface area contributed by atoms with Gasteiger partial charge >= 0.3 is 0 Å². The number of nitrogens with one attached hydrogen (secondary N) is 1. The maximum atomic E-state index is 13.6. The minimum atomic E-state index is -0.579. The molecule has 3 aromatic rings. The molecule has 0 spiro atoms. The first-order valence-electron chi connectivity index (χ1n) is 6.91. The number of hydrogen-bond donors (Lipinski definition) is 1. The summed E-state index contributed by atoms with van der Waals surface area (Å²) in [6, 6.07) is 13.1. The third kappa shape index (κ3) is 3.12. The number of hydrogen-bond acceptors (Lipinski definition) is 4. The molecule has 0 fully saturated rings. The standard InChI is InChI=1S/C16H11FN4O3/c17-13-6-1-2-7-14(13)18-16(22)15-8-9-20(19-15)11-4-3-5-12(10-11)21(23)24/h1-10H,(H,18,22). The minimum Gasteiger partial charge on any atom is -0.318 e. The van der Waals surface area contributed by atoms with E-state index in [0.717, 1.165) is 0 Å². The van der Waals surface area contributed by atoms with E-state index in [1.54, 1.807) is 12.1 Å². The molecule has 1 N–H and O–H groups in total. The molecule has 3 rings (SSSR count). The highest BCUT2D eigenvalue weighted by atomic mass is 19.1. The number of nitrogens with zero attached hydrogens (tertiary/aromatic N) is 3. The Bertz CT molecular complexity index is 923. The van der Waals surface area contributed by atoms with E-state index < -0.39 is 16.6 Å². The van der Waals surface area contributed by atoms with Crippen molar-refractivity contribution in [2.24, 2.45) is 0 Å². The van der Waals surface area contributed by atoms with Crippen LogP contribution in [-0.4, -0.2) is 20.6 Å². The number of para-hydroxylation sites is 1. The lowest BCUT2D eigenvalue weighted by Gasteiger charge is -2.04. The number of rotatable bonds is 4. The van der Waals surface area contributed by atoms with Crippen LogP contribution in [0.5, 0.6) is 0 Å². The molecule has 0 unspecified atom stereocenters. The second-order valence-electron chi connectivity index (χ2n) is 4.86. The van der Waals surface area contributed by atoms with E-state index in [9.17, 15) is 19.3 Å². The molecule has 0 aliphatic heterocycles. The number of amides is 1. The second-order valence-corrected chi connectivity index (χ2v) is 4.86. The molecule has 0 saturated heterocycles. The zero-order valence-electron chi connectivity index (χ0n) is 12.2. The third-order valence-electron chi connectivity index (χ3n) is 3.25. The molecule has 1 heterocycles. The maximum absolute atomic E-state index is 13.6. The van der Waals surface area contributed by atoms with Crippen LogP contribution in [0.1, 0.15) is 10.5 Å². The molecule has 0 radical (unpaired) electrons. The van der Waals surface area contributed by atoms with Crippen molar-refractivity contribution < 1.29 is 14.1 Å². The minimum absolute atomic E-state index is 0.0485. The Morgan fingerprint density at radius 1 is 1.17 bits per heavy atom. The van der Waals surface area contributed by atoms with E-state index in [2.05, 4.69) is 10.4 Å². The number of aromatic nitrogens is 2. The van der Waals surface area contributed by atoms with E-state index in [1.807, 2.05) is 0 Å². The summed E-state index contributed by atoms with van der Waals surface area (Å²) >= 11 is 0. The Balaban J connectivity index is 1.83. The second kappa shape index (κ2) is 6.29. The van der Waals surface area contributed by atoms with Crippen LogP contribution in [0.2, 0.25) is 0 Å². The largest absolute Gasteiger partial charge is 0.318 e. The Morgan fingerprint density at radius 2 is 1.96 bits per heavy atom. The van der Waals surface area contributed by atoms with Gasteiger partial charge in [0.05, 0.1) is 16.3 Å². The molecule has 0 bridgehead atoms. The summed E-state index contributed by atoms with van der Waals surface area (Å²) in [4.78, 5) is 22.4. The summed E-state index contributed by atoms with van der Waals surface area (Å²) in [7, 11) is 0. The molecule has 8 heteroatoms. The normalized spacial score (nSPS) is 10.4. The predicted octanol–water partition coefficient (Wildman–Crippen LogP) is 3.17. The molecular formula is C16H11FN4O3. The van der Waals surface area contributed by atoms with Crippen molar-refractivity contribution in [3.63, 3.8) is 0 Å². The number of carbonyl (C=O) groups is 1. The molecule has 0 aliphatic carbocycles. The number of non-ortho nitro benzene ring substituents is 1. The van der Waals surface area contributed by atoms with Crippen LogP contribution in [0.4, 0.5) is 15.8 Å². The van der Waals surface area contributed by atoms with E-state index in [-0.39, 0.29) is 17.1 Å². The van der Waals surface area contributed by atoms with Gasteiger partial charge in [0.2, 0.25) is 0 Å². The SMILES string of the molecule is O=C(Nc1ccccc1F)c1ccn(-c2cccc([N+](=O)[O-])c2)n1. The van der Waals surface area contributed by atoms with Gasteiger partial charge in [-0.1, -0.05) is 18.2 Å². The van der Waals surface area contributed by atoms with Crippen molar-refractivity contribution in [2.75, 3.05) is 5.32 Å². The summed E-state index contributed by atoms with van der Waals surface area (Å²) < 4.78 is 14.9. The topological polar surface area (TPSA) is 90.1 Å². The molecule has 0 aliphatic rings. The van der Waals surface area contributed by atoms with Gasteiger partial charge in [-0.3, -0.25) is 14.9 Å². The van der Waals surface area contributed by atoms with Crippen LogP contribution >= 0.6 is 0 Å². The molecular weight excluding hydrogens is 315 g/mol. The van der Waals surface area contributed by atoms with Gasteiger partial charge in [0.15, 0.2) is 5.69 Å². The lowest BCUT2D eigenvalue weighted by molar-refractivity contribution is -0.384. The predicted molar refractivity (Wildman–Crippen MR) is 84.6 cm³/mol. The molecule has 24 heavy (non-hydrogen) atoms. The van der Waals surface area contributed by atoms with Crippen molar-refractivity contribution >= 4 is 17.3 Å². The number of nitro benzene ring substituents is 1. The molecule has 0 saturated carbocycles. The van der Waals surface area contributed by atoms with Gasteiger partial charge in [0.1, 0.15) is 5.82 Å². The van der Waals surface area contributed by atoms with Gasteiger partial charge in [0, 0.05) is 18.3 Å². The number of carbonyl (C=O) groups excluding carboxylic acids is 1. The number of halogens is 1. The van der Waals surface area contributed by atoms with Gasteiger partial charge in [-0.25, -0.2) is 9.07 Å². The van der Waals surface area contributed by atoms with Gasteiger partial charge in [-0.05, 0) is 24.3 Å². The Hall–Kier alpha value is -3.55. The molecule has 2 aromatic carbocycles. The first-order chi connectivity index (χ1) is 11.5. The molecule has 1 aromatic heterocycles. The maximum Gasteiger partial charge on any atom is 0.276 e. The van der Waals surface area contributed by atoms with E-state index in [0.29, 0.717) is 5.69 Å². The van der Waals surface area contributed by atoms with E-state index in [4.69, 9.17) is 0 Å². The molecule has 7 nitrogen and oxygen atoms in total. The monoisotopic (exact) mass is 326 g/mol. The van der Waals surface area contributed by atoms with Gasteiger partial charge < -0.3 is 5.32 Å². The zero-order valence-corrected chi connectivity index (χ0v) is 12.2. The third-order valence-corrected chi connectivity index (χ3v) is 3.25. The van der Waals surface area contributed by atoms with Gasteiger partial charge in [-0.2, -0.15) is 5.10 Å². The summed E-state index contributed by atoms with van der Waals surface area (Å²) in [6.07, 6.45) is 1.50. The first kappa shape index (κ1) is 15.3. The van der Waals surface area contributed by atoms with Crippen LogP contribution in [0.25, 0.3) is 5.69 Å². The highest BCUT2D eigenvalue weighted by Gasteiger charge is 2.13. The Labute approximate surface area is 135 Å². The van der Waals surface area contributed by atoms with Crippen molar-refractivity contribution in [2.45, 2.75) is 0 Å². The Morgan fingerprint density at radius 3 is 2.71 bits per heavy atom. The highest BCUT2D eigenvalue weighted by Crippen LogP contribution is 2.17. The molecule has 1 amide bonds. The zero-order chi connectivity index (χ0) is 17.1. The lowest BCUT2D eigenvalue weighted by Crippen LogP contribution is -2.14. The molecule has 120 valence electrons. The fourth-order valence-electron chi connectivity index (χ4n) is 2.09. The Kier molecular flexibility index (Phi) is 4.02.